The SMILES string of the molecule is CCC(NCC1(C)CC1)c1ccc(F)cn1. The summed E-state index contributed by atoms with van der Waals surface area (Å²) in [6.45, 7) is 5.45. The van der Waals surface area contributed by atoms with Crippen molar-refractivity contribution < 1.29 is 4.39 Å². The van der Waals surface area contributed by atoms with Gasteiger partial charge in [-0.25, -0.2) is 4.39 Å². The summed E-state index contributed by atoms with van der Waals surface area (Å²) in [7, 11) is 0. The van der Waals surface area contributed by atoms with E-state index in [1.54, 1.807) is 6.07 Å². The standard InChI is InChI=1S/C13H19FN2/c1-3-11(16-9-13(2)6-7-13)12-5-4-10(14)8-15-12/h4-5,8,11,16H,3,6-7,9H2,1-2H3. The molecule has 2 rings (SSSR count). The van der Waals surface area contributed by atoms with Crippen molar-refractivity contribution in [2.75, 3.05) is 6.54 Å². The molecule has 3 heteroatoms. The van der Waals surface area contributed by atoms with Crippen molar-refractivity contribution in [2.24, 2.45) is 5.41 Å². The predicted octanol–water partition coefficient (Wildman–Crippen LogP) is 3.06. The van der Waals surface area contributed by atoms with Crippen molar-refractivity contribution in [3.8, 4) is 0 Å². The first-order valence-electron chi connectivity index (χ1n) is 5.98. The van der Waals surface area contributed by atoms with Crippen molar-refractivity contribution in [1.29, 1.82) is 0 Å². The van der Waals surface area contributed by atoms with Gasteiger partial charge in [-0.2, -0.15) is 0 Å². The normalized spacial score (nSPS) is 19.4. The lowest BCUT2D eigenvalue weighted by molar-refractivity contribution is 0.427. The molecule has 1 unspecified atom stereocenters. The smallest absolute Gasteiger partial charge is 0.141 e. The lowest BCUT2D eigenvalue weighted by Gasteiger charge is -2.19. The molecule has 1 aromatic heterocycles. The average molecular weight is 222 g/mol. The molecule has 1 heterocycles. The second-order valence-electron chi connectivity index (χ2n) is 5.05. The van der Waals surface area contributed by atoms with Crippen LogP contribution in [-0.4, -0.2) is 11.5 Å². The van der Waals surface area contributed by atoms with E-state index in [1.807, 2.05) is 0 Å². The van der Waals surface area contributed by atoms with Crippen LogP contribution in [0.15, 0.2) is 18.3 Å². The second kappa shape index (κ2) is 4.50. The lowest BCUT2D eigenvalue weighted by Crippen LogP contribution is -2.27. The number of aromatic nitrogens is 1. The van der Waals surface area contributed by atoms with E-state index in [0.717, 1.165) is 18.7 Å². The van der Waals surface area contributed by atoms with E-state index in [4.69, 9.17) is 0 Å². The number of hydrogen-bond donors (Lipinski definition) is 1. The Labute approximate surface area is 96.3 Å². The molecular weight excluding hydrogens is 203 g/mol. The molecule has 0 amide bonds. The molecular formula is C13H19FN2. The predicted molar refractivity (Wildman–Crippen MR) is 62.6 cm³/mol. The van der Waals surface area contributed by atoms with E-state index in [-0.39, 0.29) is 11.9 Å². The lowest BCUT2D eigenvalue weighted by atomic mass is 10.1. The molecule has 0 aliphatic heterocycles. The molecule has 2 nitrogen and oxygen atoms in total. The van der Waals surface area contributed by atoms with Gasteiger partial charge in [0.15, 0.2) is 0 Å². The molecule has 88 valence electrons. The summed E-state index contributed by atoms with van der Waals surface area (Å²) in [5.74, 6) is -0.271. The maximum absolute atomic E-state index is 12.8. The molecule has 0 aromatic carbocycles. The fourth-order valence-corrected chi connectivity index (χ4v) is 1.81. The first-order valence-corrected chi connectivity index (χ1v) is 5.98. The highest BCUT2D eigenvalue weighted by atomic mass is 19.1. The molecule has 1 aliphatic carbocycles. The maximum Gasteiger partial charge on any atom is 0.141 e. The van der Waals surface area contributed by atoms with E-state index >= 15 is 0 Å². The Morgan fingerprint density at radius 3 is 2.75 bits per heavy atom. The van der Waals surface area contributed by atoms with E-state index in [0.29, 0.717) is 5.41 Å². The van der Waals surface area contributed by atoms with Gasteiger partial charge in [0.05, 0.1) is 11.9 Å². The molecule has 0 bridgehead atoms. The quantitative estimate of drug-likeness (QED) is 0.828. The van der Waals surface area contributed by atoms with Gasteiger partial charge in [-0.1, -0.05) is 13.8 Å². The molecule has 1 fully saturated rings. The van der Waals surface area contributed by atoms with Crippen LogP contribution < -0.4 is 5.32 Å². The van der Waals surface area contributed by atoms with Crippen LogP contribution in [0.5, 0.6) is 0 Å². The number of pyridine rings is 1. The number of hydrogen-bond acceptors (Lipinski definition) is 2. The van der Waals surface area contributed by atoms with Crippen LogP contribution in [0.3, 0.4) is 0 Å². The van der Waals surface area contributed by atoms with E-state index in [2.05, 4.69) is 24.1 Å². The van der Waals surface area contributed by atoms with Crippen molar-refractivity contribution in [3.05, 3.63) is 29.8 Å². The third-order valence-corrected chi connectivity index (χ3v) is 3.39. The minimum atomic E-state index is -0.271. The maximum atomic E-state index is 12.8. The van der Waals surface area contributed by atoms with Gasteiger partial charge < -0.3 is 5.32 Å². The highest BCUT2D eigenvalue weighted by molar-refractivity contribution is 5.10. The summed E-state index contributed by atoms with van der Waals surface area (Å²) in [4.78, 5) is 4.13. The Hall–Kier alpha value is -0.960. The van der Waals surface area contributed by atoms with Crippen LogP contribution in [-0.2, 0) is 0 Å². The third kappa shape index (κ3) is 2.79. The zero-order valence-electron chi connectivity index (χ0n) is 9.96. The van der Waals surface area contributed by atoms with Crippen molar-refractivity contribution in [1.82, 2.24) is 10.3 Å². The monoisotopic (exact) mass is 222 g/mol. The molecule has 1 aromatic rings. The van der Waals surface area contributed by atoms with Crippen LogP contribution in [0, 0.1) is 11.2 Å². The van der Waals surface area contributed by atoms with Crippen molar-refractivity contribution in [2.45, 2.75) is 39.2 Å². The summed E-state index contributed by atoms with van der Waals surface area (Å²) in [5, 5.41) is 3.52. The van der Waals surface area contributed by atoms with Gasteiger partial charge in [0.25, 0.3) is 0 Å². The summed E-state index contributed by atoms with van der Waals surface area (Å²) >= 11 is 0. The number of nitrogens with zero attached hydrogens (tertiary/aromatic N) is 1. The van der Waals surface area contributed by atoms with Crippen LogP contribution in [0.25, 0.3) is 0 Å². The zero-order valence-corrected chi connectivity index (χ0v) is 9.96. The number of nitrogens with one attached hydrogen (secondary N) is 1. The molecule has 0 spiro atoms. The van der Waals surface area contributed by atoms with E-state index < -0.39 is 0 Å². The molecule has 16 heavy (non-hydrogen) atoms. The largest absolute Gasteiger partial charge is 0.308 e. The minimum Gasteiger partial charge on any atom is -0.308 e. The highest BCUT2D eigenvalue weighted by Crippen LogP contribution is 2.44. The first kappa shape index (κ1) is 11.5. The molecule has 0 saturated heterocycles. The Kier molecular flexibility index (Phi) is 3.24. The van der Waals surface area contributed by atoms with Crippen LogP contribution in [0.1, 0.15) is 44.8 Å². The van der Waals surface area contributed by atoms with Crippen molar-refractivity contribution >= 4 is 0 Å². The Morgan fingerprint density at radius 1 is 1.50 bits per heavy atom. The van der Waals surface area contributed by atoms with Crippen LogP contribution >= 0.6 is 0 Å². The highest BCUT2D eigenvalue weighted by Gasteiger charge is 2.37. The Morgan fingerprint density at radius 2 is 2.25 bits per heavy atom. The van der Waals surface area contributed by atoms with Gasteiger partial charge in [0, 0.05) is 12.6 Å². The summed E-state index contributed by atoms with van der Waals surface area (Å²) < 4.78 is 12.8. The van der Waals surface area contributed by atoms with E-state index in [1.165, 1.54) is 25.1 Å². The molecule has 1 atom stereocenters. The number of halogens is 1. The molecule has 1 aliphatic rings. The van der Waals surface area contributed by atoms with Gasteiger partial charge >= 0.3 is 0 Å². The summed E-state index contributed by atoms with van der Waals surface area (Å²) in [5.41, 5.74) is 1.43. The fourth-order valence-electron chi connectivity index (χ4n) is 1.81. The average Bonchev–Trinajstić information content (AvgIpc) is 3.00. The van der Waals surface area contributed by atoms with Gasteiger partial charge in [0.1, 0.15) is 5.82 Å². The topological polar surface area (TPSA) is 24.9 Å². The minimum absolute atomic E-state index is 0.248. The molecule has 0 radical (unpaired) electrons. The zero-order chi connectivity index (χ0) is 11.6. The van der Waals surface area contributed by atoms with E-state index in [9.17, 15) is 4.39 Å². The molecule has 1 N–H and O–H groups in total. The van der Waals surface area contributed by atoms with Gasteiger partial charge in [0.2, 0.25) is 0 Å². The van der Waals surface area contributed by atoms with Gasteiger partial charge in [-0.05, 0) is 36.8 Å². The van der Waals surface area contributed by atoms with Crippen LogP contribution in [0.4, 0.5) is 4.39 Å². The Balaban J connectivity index is 1.95. The fraction of sp³-hybridized carbons (Fsp3) is 0.615. The third-order valence-electron chi connectivity index (χ3n) is 3.39. The Bertz CT molecular complexity index is 343. The summed E-state index contributed by atoms with van der Waals surface area (Å²) in [6, 6.07) is 3.50. The van der Waals surface area contributed by atoms with Gasteiger partial charge in [-0.15, -0.1) is 0 Å². The van der Waals surface area contributed by atoms with Gasteiger partial charge in [-0.3, -0.25) is 4.98 Å². The first-order chi connectivity index (χ1) is 7.63. The number of rotatable bonds is 5. The second-order valence-corrected chi connectivity index (χ2v) is 5.05. The van der Waals surface area contributed by atoms with Crippen molar-refractivity contribution in [3.63, 3.8) is 0 Å². The summed E-state index contributed by atoms with van der Waals surface area (Å²) in [6.07, 6.45) is 4.90. The van der Waals surface area contributed by atoms with Crippen LogP contribution in [0.2, 0.25) is 0 Å². The molecule has 1 saturated carbocycles.